The zero-order valence-electron chi connectivity index (χ0n) is 13.0. The minimum Gasteiger partial charge on any atom is -0.465 e. The Hall–Kier alpha value is -1.34. The molecule has 1 heterocycles. The quantitative estimate of drug-likeness (QED) is 0.776. The summed E-state index contributed by atoms with van der Waals surface area (Å²) in [5.74, 6) is -0.484. The summed E-state index contributed by atoms with van der Waals surface area (Å²) >= 11 is 13.1. The van der Waals surface area contributed by atoms with Crippen LogP contribution in [0.3, 0.4) is 0 Å². The Morgan fingerprint density at radius 3 is 2.57 bits per heavy atom. The molecule has 1 aromatic heterocycles. The van der Waals surface area contributed by atoms with E-state index in [9.17, 15) is 4.79 Å². The first-order valence-corrected chi connectivity index (χ1v) is 8.40. The lowest BCUT2D eigenvalue weighted by atomic mass is 10.1. The molecule has 0 saturated carbocycles. The number of likely N-dealkylation sites (N-methyl/N-ethyl adjacent to an activating group) is 1. The highest BCUT2D eigenvalue weighted by Gasteiger charge is 2.19. The van der Waals surface area contributed by atoms with Crippen LogP contribution in [0.15, 0.2) is 24.3 Å². The maximum Gasteiger partial charge on any atom is 0.351 e. The Morgan fingerprint density at radius 2 is 2.00 bits per heavy atom. The van der Waals surface area contributed by atoms with E-state index >= 15 is 0 Å². The minimum absolute atomic E-state index is 0.122. The van der Waals surface area contributed by atoms with Gasteiger partial charge >= 0.3 is 5.97 Å². The zero-order chi connectivity index (χ0) is 17.0. The molecule has 0 aliphatic carbocycles. The van der Waals surface area contributed by atoms with E-state index in [1.54, 1.807) is 0 Å². The smallest absolute Gasteiger partial charge is 0.351 e. The van der Waals surface area contributed by atoms with E-state index < -0.39 is 5.97 Å². The summed E-state index contributed by atoms with van der Waals surface area (Å²) in [6.07, 6.45) is 0. The van der Waals surface area contributed by atoms with Gasteiger partial charge in [0.2, 0.25) is 0 Å². The fourth-order valence-electron chi connectivity index (χ4n) is 2.06. The summed E-state index contributed by atoms with van der Waals surface area (Å²) in [5.41, 5.74) is 1.13. The van der Waals surface area contributed by atoms with Gasteiger partial charge < -0.3 is 15.0 Å². The molecule has 2 aromatic rings. The molecule has 1 aromatic carbocycles. The number of hydrogen-bond donors (Lipinski definition) is 1. The number of anilines is 1. The SMILES string of the molecule is COC(=O)c1sc(NCC(c2ccc(Cl)cc2)N(C)C)nc1Cl. The number of rotatable bonds is 6. The molecule has 0 spiro atoms. The van der Waals surface area contributed by atoms with Gasteiger partial charge in [0.1, 0.15) is 0 Å². The number of hydrogen-bond acceptors (Lipinski definition) is 6. The Balaban J connectivity index is 2.10. The number of esters is 1. The lowest BCUT2D eigenvalue weighted by Gasteiger charge is -2.25. The van der Waals surface area contributed by atoms with Gasteiger partial charge in [-0.3, -0.25) is 0 Å². The fraction of sp³-hybridized carbons (Fsp3) is 0.333. The molecule has 0 bridgehead atoms. The van der Waals surface area contributed by atoms with Crippen LogP contribution in [0.4, 0.5) is 5.13 Å². The number of aromatic nitrogens is 1. The summed E-state index contributed by atoms with van der Waals surface area (Å²) in [4.78, 5) is 18.1. The molecule has 0 aliphatic rings. The van der Waals surface area contributed by atoms with Crippen LogP contribution in [0, 0.1) is 0 Å². The van der Waals surface area contributed by atoms with Crippen molar-refractivity contribution in [2.75, 3.05) is 33.1 Å². The molecule has 1 atom stereocenters. The summed E-state index contributed by atoms with van der Waals surface area (Å²) < 4.78 is 4.67. The number of ether oxygens (including phenoxy) is 1. The predicted molar refractivity (Wildman–Crippen MR) is 94.8 cm³/mol. The van der Waals surface area contributed by atoms with Crippen molar-refractivity contribution in [2.45, 2.75) is 6.04 Å². The van der Waals surface area contributed by atoms with Gasteiger partial charge in [-0.15, -0.1) is 0 Å². The molecule has 0 amide bonds. The molecule has 1 unspecified atom stereocenters. The first-order chi connectivity index (χ1) is 10.9. The number of carbonyl (C=O) groups is 1. The molecule has 8 heteroatoms. The predicted octanol–water partition coefficient (Wildman–Crippen LogP) is 3.95. The van der Waals surface area contributed by atoms with E-state index in [-0.39, 0.29) is 11.2 Å². The van der Waals surface area contributed by atoms with Gasteiger partial charge in [0, 0.05) is 11.6 Å². The topological polar surface area (TPSA) is 54.5 Å². The molecular weight excluding hydrogens is 357 g/mol. The summed E-state index contributed by atoms with van der Waals surface area (Å²) in [6.45, 7) is 0.610. The summed E-state index contributed by atoms with van der Waals surface area (Å²) in [6, 6.07) is 7.83. The molecule has 0 radical (unpaired) electrons. The second kappa shape index (κ2) is 7.97. The van der Waals surface area contributed by atoms with Crippen molar-refractivity contribution in [3.8, 4) is 0 Å². The van der Waals surface area contributed by atoms with E-state index in [0.717, 1.165) is 5.56 Å². The number of thiazole rings is 1. The molecule has 124 valence electrons. The third-order valence-electron chi connectivity index (χ3n) is 3.28. The lowest BCUT2D eigenvalue weighted by Crippen LogP contribution is -2.26. The van der Waals surface area contributed by atoms with Crippen LogP contribution in [-0.4, -0.2) is 43.6 Å². The van der Waals surface area contributed by atoms with E-state index in [1.165, 1.54) is 18.4 Å². The van der Waals surface area contributed by atoms with Crippen LogP contribution >= 0.6 is 34.5 Å². The average molecular weight is 374 g/mol. The van der Waals surface area contributed by atoms with Gasteiger partial charge in [0.15, 0.2) is 15.2 Å². The number of nitrogens with one attached hydrogen (secondary N) is 1. The normalized spacial score (nSPS) is 12.3. The minimum atomic E-state index is -0.484. The highest BCUT2D eigenvalue weighted by atomic mass is 35.5. The van der Waals surface area contributed by atoms with Crippen molar-refractivity contribution >= 4 is 45.6 Å². The van der Waals surface area contributed by atoms with Crippen LogP contribution in [0.2, 0.25) is 10.2 Å². The van der Waals surface area contributed by atoms with Crippen LogP contribution < -0.4 is 5.32 Å². The monoisotopic (exact) mass is 373 g/mol. The summed E-state index contributed by atoms with van der Waals surface area (Å²) in [5, 5.41) is 4.65. The summed E-state index contributed by atoms with van der Waals surface area (Å²) in [7, 11) is 5.30. The molecule has 1 N–H and O–H groups in total. The molecule has 23 heavy (non-hydrogen) atoms. The Labute approximate surface area is 149 Å². The zero-order valence-corrected chi connectivity index (χ0v) is 15.3. The average Bonchev–Trinajstić information content (AvgIpc) is 2.89. The van der Waals surface area contributed by atoms with Crippen molar-refractivity contribution in [1.29, 1.82) is 0 Å². The Morgan fingerprint density at radius 1 is 1.35 bits per heavy atom. The highest BCUT2D eigenvalue weighted by molar-refractivity contribution is 7.18. The van der Waals surface area contributed by atoms with Crippen molar-refractivity contribution < 1.29 is 9.53 Å². The number of halogens is 2. The lowest BCUT2D eigenvalue weighted by molar-refractivity contribution is 0.0606. The van der Waals surface area contributed by atoms with E-state index in [2.05, 4.69) is 19.9 Å². The maximum absolute atomic E-state index is 11.6. The molecule has 2 rings (SSSR count). The molecular formula is C15H17Cl2N3O2S. The molecule has 0 saturated heterocycles. The van der Waals surface area contributed by atoms with Crippen LogP contribution in [-0.2, 0) is 4.74 Å². The third-order valence-corrected chi connectivity index (χ3v) is 4.91. The van der Waals surface area contributed by atoms with Gasteiger partial charge in [-0.1, -0.05) is 46.7 Å². The van der Waals surface area contributed by atoms with Crippen molar-refractivity contribution in [2.24, 2.45) is 0 Å². The Kier molecular flexibility index (Phi) is 6.24. The van der Waals surface area contributed by atoms with Crippen molar-refractivity contribution in [3.05, 3.63) is 44.9 Å². The fourth-order valence-corrected chi connectivity index (χ4v) is 3.30. The van der Waals surface area contributed by atoms with E-state index in [4.69, 9.17) is 23.2 Å². The first kappa shape index (κ1) is 18.0. The standard InChI is InChI=1S/C15H17Cl2N3O2S/c1-20(2)11(9-4-6-10(16)7-5-9)8-18-15-19-13(17)12(23-15)14(21)22-3/h4-7,11H,8H2,1-3H3,(H,18,19). The largest absolute Gasteiger partial charge is 0.465 e. The second-order valence-corrected chi connectivity index (χ2v) is 6.84. The van der Waals surface area contributed by atoms with Crippen LogP contribution in [0.5, 0.6) is 0 Å². The molecule has 0 fully saturated rings. The number of carbonyl (C=O) groups excluding carboxylic acids is 1. The first-order valence-electron chi connectivity index (χ1n) is 6.82. The van der Waals surface area contributed by atoms with Crippen molar-refractivity contribution in [1.82, 2.24) is 9.88 Å². The highest BCUT2D eigenvalue weighted by Crippen LogP contribution is 2.28. The number of nitrogens with zero attached hydrogens (tertiary/aromatic N) is 2. The third kappa shape index (κ3) is 4.57. The van der Waals surface area contributed by atoms with E-state index in [0.29, 0.717) is 21.6 Å². The number of benzene rings is 1. The maximum atomic E-state index is 11.6. The van der Waals surface area contributed by atoms with E-state index in [1.807, 2.05) is 38.4 Å². The van der Waals surface area contributed by atoms with Crippen LogP contribution in [0.25, 0.3) is 0 Å². The van der Waals surface area contributed by atoms with Gasteiger partial charge in [-0.05, 0) is 31.8 Å². The van der Waals surface area contributed by atoms with Crippen molar-refractivity contribution in [3.63, 3.8) is 0 Å². The van der Waals surface area contributed by atoms with Gasteiger partial charge in [0.25, 0.3) is 0 Å². The molecule has 0 aliphatic heterocycles. The van der Waals surface area contributed by atoms with Gasteiger partial charge in [0.05, 0.1) is 13.2 Å². The van der Waals surface area contributed by atoms with Gasteiger partial charge in [-0.2, -0.15) is 0 Å². The second-order valence-electron chi connectivity index (χ2n) is 5.04. The van der Waals surface area contributed by atoms with Gasteiger partial charge in [-0.25, -0.2) is 9.78 Å². The molecule has 5 nitrogen and oxygen atoms in total. The number of methoxy groups -OCH3 is 1. The Bertz CT molecular complexity index is 674. The van der Waals surface area contributed by atoms with Crippen LogP contribution in [0.1, 0.15) is 21.3 Å².